The number of thiol groups is 2. The number of nitrogens with two attached hydrogens (primary N) is 4. The summed E-state index contributed by atoms with van der Waals surface area (Å²) in [4.78, 5) is 1.32. The Bertz CT molecular complexity index is 652. The Morgan fingerprint density at radius 2 is 1.00 bits per heavy atom. The van der Waals surface area contributed by atoms with Crippen LogP contribution in [-0.2, 0) is 5.41 Å². The number of benzene rings is 2. The third-order valence-electron chi connectivity index (χ3n) is 3.88. The SMILES string of the molecule is CC(C)(c1ccc(S)c(N)c1N)c1ccc(S)c(N)c1N. The molecule has 0 unspecified atom stereocenters. The topological polar surface area (TPSA) is 104 Å². The van der Waals surface area contributed by atoms with Crippen LogP contribution in [-0.4, -0.2) is 0 Å². The third kappa shape index (κ3) is 2.49. The number of hydrogen-bond acceptors (Lipinski definition) is 6. The minimum absolute atomic E-state index is 0.445. The molecule has 0 amide bonds. The summed E-state index contributed by atoms with van der Waals surface area (Å²) in [6, 6.07) is 7.49. The molecule has 0 fully saturated rings. The first-order valence-corrected chi connectivity index (χ1v) is 7.32. The lowest BCUT2D eigenvalue weighted by atomic mass is 9.76. The van der Waals surface area contributed by atoms with Gasteiger partial charge in [-0.3, -0.25) is 0 Å². The van der Waals surface area contributed by atoms with Crippen molar-refractivity contribution in [3.63, 3.8) is 0 Å². The predicted molar refractivity (Wildman–Crippen MR) is 97.2 cm³/mol. The van der Waals surface area contributed by atoms with Crippen LogP contribution >= 0.6 is 25.3 Å². The average molecular weight is 320 g/mol. The molecule has 112 valence electrons. The van der Waals surface area contributed by atoms with Crippen LogP contribution in [0.4, 0.5) is 22.7 Å². The number of nitrogen functional groups attached to an aromatic ring is 4. The zero-order chi connectivity index (χ0) is 15.9. The van der Waals surface area contributed by atoms with Gasteiger partial charge in [-0.05, 0) is 23.3 Å². The highest BCUT2D eigenvalue weighted by molar-refractivity contribution is 7.80. The molecule has 0 aliphatic carbocycles. The first-order valence-electron chi connectivity index (χ1n) is 6.42. The van der Waals surface area contributed by atoms with Gasteiger partial charge in [-0.25, -0.2) is 0 Å². The van der Waals surface area contributed by atoms with E-state index in [0.29, 0.717) is 32.5 Å². The van der Waals surface area contributed by atoms with Crippen molar-refractivity contribution in [2.75, 3.05) is 22.9 Å². The van der Waals surface area contributed by atoms with Gasteiger partial charge in [0, 0.05) is 15.2 Å². The van der Waals surface area contributed by atoms with Crippen molar-refractivity contribution in [2.24, 2.45) is 0 Å². The second kappa shape index (κ2) is 5.27. The Balaban J connectivity index is 2.68. The molecule has 0 atom stereocenters. The lowest BCUT2D eigenvalue weighted by Gasteiger charge is -2.30. The minimum Gasteiger partial charge on any atom is -0.397 e. The van der Waals surface area contributed by atoms with E-state index in [0.717, 1.165) is 11.1 Å². The Morgan fingerprint density at radius 1 is 0.667 bits per heavy atom. The summed E-state index contributed by atoms with van der Waals surface area (Å²) in [5, 5.41) is 0. The van der Waals surface area contributed by atoms with E-state index in [1.807, 2.05) is 38.1 Å². The van der Waals surface area contributed by atoms with Gasteiger partial charge in [0.15, 0.2) is 0 Å². The van der Waals surface area contributed by atoms with Gasteiger partial charge < -0.3 is 22.9 Å². The largest absolute Gasteiger partial charge is 0.397 e. The predicted octanol–water partition coefficient (Wildman–Crippen LogP) is 2.92. The van der Waals surface area contributed by atoms with Crippen molar-refractivity contribution in [3.8, 4) is 0 Å². The van der Waals surface area contributed by atoms with Crippen molar-refractivity contribution in [2.45, 2.75) is 29.1 Å². The fourth-order valence-corrected chi connectivity index (χ4v) is 2.87. The van der Waals surface area contributed by atoms with Gasteiger partial charge in [-0.2, -0.15) is 0 Å². The molecular formula is C15H20N4S2. The maximum Gasteiger partial charge on any atom is 0.0686 e. The molecule has 4 nitrogen and oxygen atoms in total. The monoisotopic (exact) mass is 320 g/mol. The fourth-order valence-electron chi connectivity index (χ4n) is 2.48. The molecule has 6 heteroatoms. The summed E-state index contributed by atoms with van der Waals surface area (Å²) in [5.74, 6) is 0. The van der Waals surface area contributed by atoms with E-state index < -0.39 is 5.41 Å². The van der Waals surface area contributed by atoms with Crippen LogP contribution < -0.4 is 22.9 Å². The Kier molecular flexibility index (Phi) is 3.95. The Morgan fingerprint density at radius 3 is 1.33 bits per heavy atom. The quantitative estimate of drug-likeness (QED) is 0.378. The summed E-state index contributed by atoms with van der Waals surface area (Å²) >= 11 is 8.58. The van der Waals surface area contributed by atoms with Crippen LogP contribution in [0.1, 0.15) is 25.0 Å². The van der Waals surface area contributed by atoms with E-state index in [1.54, 1.807) is 0 Å². The van der Waals surface area contributed by atoms with Crippen molar-refractivity contribution >= 4 is 48.0 Å². The molecular weight excluding hydrogens is 300 g/mol. The molecule has 0 radical (unpaired) electrons. The van der Waals surface area contributed by atoms with E-state index in [-0.39, 0.29) is 0 Å². The van der Waals surface area contributed by atoms with Gasteiger partial charge in [0.1, 0.15) is 0 Å². The molecule has 0 saturated heterocycles. The first-order chi connectivity index (χ1) is 9.67. The summed E-state index contributed by atoms with van der Waals surface area (Å²) in [6.07, 6.45) is 0. The maximum absolute atomic E-state index is 6.16. The zero-order valence-electron chi connectivity index (χ0n) is 12.0. The van der Waals surface area contributed by atoms with Gasteiger partial charge in [0.25, 0.3) is 0 Å². The van der Waals surface area contributed by atoms with Crippen LogP contribution in [0.2, 0.25) is 0 Å². The number of hydrogen-bond donors (Lipinski definition) is 6. The van der Waals surface area contributed by atoms with E-state index in [9.17, 15) is 0 Å². The van der Waals surface area contributed by atoms with Crippen molar-refractivity contribution in [3.05, 3.63) is 35.4 Å². The second-order valence-electron chi connectivity index (χ2n) is 5.54. The van der Waals surface area contributed by atoms with E-state index >= 15 is 0 Å². The summed E-state index contributed by atoms with van der Waals surface area (Å²) in [6.45, 7) is 4.05. The normalized spacial score (nSPS) is 11.6. The minimum atomic E-state index is -0.445. The molecule has 0 saturated carbocycles. The summed E-state index contributed by atoms with van der Waals surface area (Å²) in [5.41, 5.74) is 27.6. The highest BCUT2D eigenvalue weighted by atomic mass is 32.1. The fraction of sp³-hybridized carbons (Fsp3) is 0.200. The molecule has 0 bridgehead atoms. The Labute approximate surface area is 135 Å². The highest BCUT2D eigenvalue weighted by Crippen LogP contribution is 2.43. The highest BCUT2D eigenvalue weighted by Gasteiger charge is 2.29. The van der Waals surface area contributed by atoms with E-state index in [2.05, 4.69) is 25.3 Å². The van der Waals surface area contributed by atoms with Crippen molar-refractivity contribution in [1.29, 1.82) is 0 Å². The van der Waals surface area contributed by atoms with Crippen LogP contribution in [0.5, 0.6) is 0 Å². The molecule has 2 rings (SSSR count). The van der Waals surface area contributed by atoms with Crippen LogP contribution in [0.3, 0.4) is 0 Å². The molecule has 0 aliphatic heterocycles. The molecule has 2 aromatic rings. The second-order valence-corrected chi connectivity index (χ2v) is 6.51. The third-order valence-corrected chi connectivity index (χ3v) is 4.65. The summed E-state index contributed by atoms with van der Waals surface area (Å²) in [7, 11) is 0. The Hall–Kier alpha value is -1.66. The van der Waals surface area contributed by atoms with Gasteiger partial charge in [-0.1, -0.05) is 26.0 Å². The number of anilines is 4. The molecule has 0 spiro atoms. The van der Waals surface area contributed by atoms with Crippen molar-refractivity contribution < 1.29 is 0 Å². The van der Waals surface area contributed by atoms with Gasteiger partial charge in [0.2, 0.25) is 0 Å². The van der Waals surface area contributed by atoms with Crippen LogP contribution in [0.25, 0.3) is 0 Å². The van der Waals surface area contributed by atoms with Crippen molar-refractivity contribution in [1.82, 2.24) is 0 Å². The molecule has 0 aliphatic rings. The van der Waals surface area contributed by atoms with E-state index in [4.69, 9.17) is 22.9 Å². The van der Waals surface area contributed by atoms with Crippen LogP contribution in [0, 0.1) is 0 Å². The van der Waals surface area contributed by atoms with Gasteiger partial charge in [-0.15, -0.1) is 25.3 Å². The maximum atomic E-state index is 6.16. The van der Waals surface area contributed by atoms with E-state index in [1.165, 1.54) is 0 Å². The lowest BCUT2D eigenvalue weighted by Crippen LogP contribution is -2.23. The average Bonchev–Trinajstić information content (AvgIpc) is 2.41. The molecule has 0 aromatic heterocycles. The molecule has 2 aromatic carbocycles. The first kappa shape index (κ1) is 15.7. The van der Waals surface area contributed by atoms with Gasteiger partial charge in [0.05, 0.1) is 22.7 Å². The van der Waals surface area contributed by atoms with Gasteiger partial charge >= 0.3 is 0 Å². The standard InChI is InChI=1S/C15H20N4S2/c1-15(2,7-3-5-9(20)13(18)11(7)16)8-4-6-10(21)14(19)12(8)17/h3-6,20-21H,16-19H2,1-2H3. The molecule has 21 heavy (non-hydrogen) atoms. The summed E-state index contributed by atoms with van der Waals surface area (Å²) < 4.78 is 0. The van der Waals surface area contributed by atoms with Crippen LogP contribution in [0.15, 0.2) is 34.1 Å². The lowest BCUT2D eigenvalue weighted by molar-refractivity contribution is 0.645. The molecule has 0 heterocycles. The zero-order valence-corrected chi connectivity index (χ0v) is 13.8. The number of rotatable bonds is 2. The molecule has 8 N–H and O–H groups in total. The smallest absolute Gasteiger partial charge is 0.0686 e.